The highest BCUT2D eigenvalue weighted by Gasteiger charge is 2.31. The van der Waals surface area contributed by atoms with Crippen LogP contribution in [0.15, 0.2) is 0 Å². The Kier molecular flexibility index (Phi) is 5.83. The van der Waals surface area contributed by atoms with Crippen LogP contribution in [0.25, 0.3) is 0 Å². The van der Waals surface area contributed by atoms with Gasteiger partial charge in [0.15, 0.2) is 0 Å². The molecule has 0 aromatic heterocycles. The summed E-state index contributed by atoms with van der Waals surface area (Å²) >= 11 is 0. The summed E-state index contributed by atoms with van der Waals surface area (Å²) < 4.78 is 5.27. The Balaban J connectivity index is 0.000000337. The van der Waals surface area contributed by atoms with E-state index in [-0.39, 0.29) is 6.10 Å². The number of morpholine rings is 1. The average Bonchev–Trinajstić information content (AvgIpc) is 2.67. The van der Waals surface area contributed by atoms with Crippen LogP contribution >= 0.6 is 0 Å². The predicted molar refractivity (Wildman–Crippen MR) is 57.8 cm³/mol. The van der Waals surface area contributed by atoms with Gasteiger partial charge in [-0.2, -0.15) is 0 Å². The summed E-state index contributed by atoms with van der Waals surface area (Å²) in [5.74, 6) is 0. The minimum atomic E-state index is -0.0805. The third kappa shape index (κ3) is 3.89. The van der Waals surface area contributed by atoms with Crippen LogP contribution in [0.2, 0.25) is 0 Å². The van der Waals surface area contributed by atoms with E-state index in [9.17, 15) is 5.11 Å². The van der Waals surface area contributed by atoms with Gasteiger partial charge in [-0.05, 0) is 26.2 Å². The van der Waals surface area contributed by atoms with Gasteiger partial charge >= 0.3 is 0 Å². The van der Waals surface area contributed by atoms with Gasteiger partial charge in [-0.25, -0.2) is 0 Å². The summed E-state index contributed by atoms with van der Waals surface area (Å²) in [5, 5.41) is 9.66. The van der Waals surface area contributed by atoms with Crippen LogP contribution in [0.3, 0.4) is 0 Å². The number of hydrogen-bond acceptors (Lipinski definition) is 4. The Morgan fingerprint density at radius 3 is 2.40 bits per heavy atom. The molecule has 1 N–H and O–H groups in total. The fraction of sp³-hybridized carbons (Fsp3) is 0.909. The van der Waals surface area contributed by atoms with Gasteiger partial charge in [0.05, 0.1) is 19.3 Å². The Bertz CT molecular complexity index is 181. The Labute approximate surface area is 91.2 Å². The molecule has 88 valence electrons. The van der Waals surface area contributed by atoms with E-state index in [2.05, 4.69) is 4.90 Å². The van der Waals surface area contributed by atoms with Crippen LogP contribution in [0, 0.1) is 0 Å². The number of aliphatic hydroxyl groups is 1. The SMILES string of the molecule is CC=O.OC1CCCC1N1CCOCC1. The second-order valence-electron chi connectivity index (χ2n) is 3.95. The van der Waals surface area contributed by atoms with Gasteiger partial charge in [0, 0.05) is 19.1 Å². The zero-order valence-electron chi connectivity index (χ0n) is 9.39. The van der Waals surface area contributed by atoms with E-state index >= 15 is 0 Å². The van der Waals surface area contributed by atoms with E-state index < -0.39 is 0 Å². The maximum absolute atomic E-state index is 9.66. The molecular weight excluding hydrogens is 194 g/mol. The summed E-state index contributed by atoms with van der Waals surface area (Å²) in [6.07, 6.45) is 4.01. The van der Waals surface area contributed by atoms with Crippen molar-refractivity contribution in [1.29, 1.82) is 0 Å². The number of carbonyl (C=O) groups is 1. The molecule has 1 saturated heterocycles. The summed E-state index contributed by atoms with van der Waals surface area (Å²) in [4.78, 5) is 11.2. The van der Waals surface area contributed by atoms with E-state index in [0.717, 1.165) is 39.0 Å². The highest BCUT2D eigenvalue weighted by molar-refractivity contribution is 5.44. The smallest absolute Gasteiger partial charge is 0.116 e. The van der Waals surface area contributed by atoms with Crippen LogP contribution < -0.4 is 0 Å². The van der Waals surface area contributed by atoms with Gasteiger partial charge < -0.3 is 14.6 Å². The van der Waals surface area contributed by atoms with Crippen molar-refractivity contribution in [2.45, 2.75) is 38.3 Å². The first kappa shape index (κ1) is 12.6. The summed E-state index contributed by atoms with van der Waals surface area (Å²) in [6, 6.07) is 0.425. The number of ether oxygens (including phenoxy) is 1. The van der Waals surface area contributed by atoms with E-state index in [0.29, 0.717) is 6.04 Å². The molecule has 0 aromatic rings. The molecule has 4 heteroatoms. The second kappa shape index (κ2) is 6.93. The van der Waals surface area contributed by atoms with Gasteiger partial charge in [0.1, 0.15) is 6.29 Å². The van der Waals surface area contributed by atoms with Crippen LogP contribution in [0.4, 0.5) is 0 Å². The largest absolute Gasteiger partial charge is 0.391 e. The summed E-state index contributed by atoms with van der Waals surface area (Å²) in [5.41, 5.74) is 0. The molecule has 0 radical (unpaired) electrons. The number of nitrogens with zero attached hydrogens (tertiary/aromatic N) is 1. The monoisotopic (exact) mass is 215 g/mol. The lowest BCUT2D eigenvalue weighted by atomic mass is 10.1. The molecular formula is C11H21NO3. The van der Waals surface area contributed by atoms with Crippen molar-refractivity contribution in [3.8, 4) is 0 Å². The maximum Gasteiger partial charge on any atom is 0.116 e. The molecule has 15 heavy (non-hydrogen) atoms. The predicted octanol–water partition coefficient (Wildman–Crippen LogP) is 0.437. The van der Waals surface area contributed by atoms with Gasteiger partial charge in [0.25, 0.3) is 0 Å². The first-order valence-corrected chi connectivity index (χ1v) is 5.69. The maximum atomic E-state index is 9.66. The van der Waals surface area contributed by atoms with Gasteiger partial charge in [0.2, 0.25) is 0 Å². The topological polar surface area (TPSA) is 49.8 Å². The Hall–Kier alpha value is -0.450. The molecule has 0 spiro atoms. The quantitative estimate of drug-likeness (QED) is 0.645. The second-order valence-corrected chi connectivity index (χ2v) is 3.95. The van der Waals surface area contributed by atoms with Crippen molar-refractivity contribution in [3.05, 3.63) is 0 Å². The molecule has 1 aliphatic heterocycles. The molecule has 0 amide bonds. The summed E-state index contributed by atoms with van der Waals surface area (Å²) in [7, 11) is 0. The minimum Gasteiger partial charge on any atom is -0.391 e. The number of aliphatic hydroxyl groups excluding tert-OH is 1. The molecule has 0 bridgehead atoms. The van der Waals surface area contributed by atoms with Crippen molar-refractivity contribution < 1.29 is 14.6 Å². The number of hydrogen-bond donors (Lipinski definition) is 1. The average molecular weight is 215 g/mol. The molecule has 2 atom stereocenters. The van der Waals surface area contributed by atoms with Crippen molar-refractivity contribution in [2.75, 3.05) is 26.3 Å². The molecule has 1 heterocycles. The summed E-state index contributed by atoms with van der Waals surface area (Å²) in [6.45, 7) is 5.12. The Morgan fingerprint density at radius 1 is 1.33 bits per heavy atom. The minimum absolute atomic E-state index is 0.0805. The molecule has 2 rings (SSSR count). The van der Waals surface area contributed by atoms with E-state index in [4.69, 9.17) is 9.53 Å². The van der Waals surface area contributed by atoms with Gasteiger partial charge in [-0.3, -0.25) is 4.90 Å². The molecule has 4 nitrogen and oxygen atoms in total. The van der Waals surface area contributed by atoms with Crippen molar-refractivity contribution in [2.24, 2.45) is 0 Å². The lowest BCUT2D eigenvalue weighted by Gasteiger charge is -2.33. The zero-order valence-corrected chi connectivity index (χ0v) is 9.39. The number of carbonyl (C=O) groups excluding carboxylic acids is 1. The molecule has 1 aliphatic carbocycles. The normalized spacial score (nSPS) is 31.9. The fourth-order valence-corrected chi connectivity index (χ4v) is 2.26. The van der Waals surface area contributed by atoms with Crippen LogP contribution in [0.1, 0.15) is 26.2 Å². The Morgan fingerprint density at radius 2 is 1.93 bits per heavy atom. The highest BCUT2D eigenvalue weighted by Crippen LogP contribution is 2.24. The number of rotatable bonds is 1. The van der Waals surface area contributed by atoms with Gasteiger partial charge in [-0.15, -0.1) is 0 Å². The van der Waals surface area contributed by atoms with Crippen LogP contribution in [0.5, 0.6) is 0 Å². The fourth-order valence-electron chi connectivity index (χ4n) is 2.26. The molecule has 2 fully saturated rings. The van der Waals surface area contributed by atoms with Crippen molar-refractivity contribution in [3.63, 3.8) is 0 Å². The molecule has 2 unspecified atom stereocenters. The lowest BCUT2D eigenvalue weighted by Crippen LogP contribution is -2.46. The van der Waals surface area contributed by atoms with Crippen LogP contribution in [-0.2, 0) is 9.53 Å². The third-order valence-corrected chi connectivity index (χ3v) is 2.96. The van der Waals surface area contributed by atoms with E-state index in [1.165, 1.54) is 19.8 Å². The zero-order chi connectivity index (χ0) is 11.1. The molecule has 0 aromatic carbocycles. The number of aldehydes is 1. The van der Waals surface area contributed by atoms with Crippen molar-refractivity contribution >= 4 is 6.29 Å². The van der Waals surface area contributed by atoms with E-state index in [1.54, 1.807) is 0 Å². The highest BCUT2D eigenvalue weighted by atomic mass is 16.5. The third-order valence-electron chi connectivity index (χ3n) is 2.96. The van der Waals surface area contributed by atoms with Gasteiger partial charge in [-0.1, -0.05) is 0 Å². The first-order chi connectivity index (χ1) is 7.29. The standard InChI is InChI=1S/C9H17NO2.C2H4O/c11-9-3-1-2-8(9)10-4-6-12-7-5-10;1-2-3/h8-9,11H,1-7H2;2H,1H3. The lowest BCUT2D eigenvalue weighted by molar-refractivity contribution is -0.106. The van der Waals surface area contributed by atoms with Crippen LogP contribution in [-0.4, -0.2) is 54.7 Å². The first-order valence-electron chi connectivity index (χ1n) is 5.69. The molecule has 1 saturated carbocycles. The van der Waals surface area contributed by atoms with Crippen molar-refractivity contribution in [1.82, 2.24) is 4.90 Å². The molecule has 2 aliphatic rings. The van der Waals surface area contributed by atoms with E-state index in [1.807, 2.05) is 0 Å².